The number of allylic oxidation sites excluding steroid dienone is 1. The van der Waals surface area contributed by atoms with Gasteiger partial charge in [0.05, 0.1) is 18.7 Å². The molecule has 1 aliphatic heterocycles. The normalized spacial score (nSPS) is 21.2. The van der Waals surface area contributed by atoms with Crippen LogP contribution in [0.15, 0.2) is 35.5 Å². The number of hydrogen-bond acceptors (Lipinski definition) is 3. The third kappa shape index (κ3) is 3.28. The van der Waals surface area contributed by atoms with Crippen LogP contribution in [0.5, 0.6) is 0 Å². The quantitative estimate of drug-likeness (QED) is 0.853. The Labute approximate surface area is 149 Å². The van der Waals surface area contributed by atoms with Gasteiger partial charge in [0.15, 0.2) is 0 Å². The molecule has 0 spiro atoms. The number of urea groups is 1. The van der Waals surface area contributed by atoms with Crippen LogP contribution in [0.1, 0.15) is 57.7 Å². The number of rotatable bonds is 3. The summed E-state index contributed by atoms with van der Waals surface area (Å²) < 4.78 is 5.00. The SMILES string of the molecule is COC(=O)C1=C(C)N(C2CC2)C(=O)NC1c1ccc(C(C)(C)C)cc1. The highest BCUT2D eigenvalue weighted by Crippen LogP contribution is 2.38. The summed E-state index contributed by atoms with van der Waals surface area (Å²) in [7, 11) is 1.38. The molecule has 2 aliphatic rings. The van der Waals surface area contributed by atoms with Gasteiger partial charge in [-0.25, -0.2) is 9.59 Å². The largest absolute Gasteiger partial charge is 0.466 e. The number of nitrogens with zero attached hydrogens (tertiary/aromatic N) is 1. The Balaban J connectivity index is 2.01. The van der Waals surface area contributed by atoms with Crippen molar-refractivity contribution < 1.29 is 14.3 Å². The van der Waals surface area contributed by atoms with Crippen LogP contribution in [0.25, 0.3) is 0 Å². The zero-order chi connectivity index (χ0) is 18.4. The minimum Gasteiger partial charge on any atom is -0.466 e. The van der Waals surface area contributed by atoms with E-state index in [9.17, 15) is 9.59 Å². The average Bonchev–Trinajstić information content (AvgIpc) is 3.38. The van der Waals surface area contributed by atoms with E-state index in [4.69, 9.17) is 4.74 Å². The number of nitrogens with one attached hydrogen (secondary N) is 1. The first-order chi connectivity index (χ1) is 11.7. The molecule has 0 saturated heterocycles. The van der Waals surface area contributed by atoms with E-state index in [1.165, 1.54) is 12.7 Å². The van der Waals surface area contributed by atoms with Crippen molar-refractivity contribution in [2.45, 2.75) is 58.0 Å². The Morgan fingerprint density at radius 1 is 1.20 bits per heavy atom. The van der Waals surface area contributed by atoms with Gasteiger partial charge >= 0.3 is 12.0 Å². The lowest BCUT2D eigenvalue weighted by Crippen LogP contribution is -2.48. The molecule has 1 heterocycles. The van der Waals surface area contributed by atoms with Gasteiger partial charge in [-0.1, -0.05) is 45.0 Å². The minimum atomic E-state index is -0.482. The second-order valence-corrected chi connectivity index (χ2v) is 7.85. The van der Waals surface area contributed by atoms with Gasteiger partial charge in [0, 0.05) is 11.7 Å². The maximum absolute atomic E-state index is 12.6. The number of esters is 1. The minimum absolute atomic E-state index is 0.0497. The van der Waals surface area contributed by atoms with E-state index >= 15 is 0 Å². The summed E-state index contributed by atoms with van der Waals surface area (Å²) in [5.41, 5.74) is 3.35. The molecule has 1 fully saturated rings. The molecule has 3 rings (SSSR count). The Morgan fingerprint density at radius 3 is 2.28 bits per heavy atom. The van der Waals surface area contributed by atoms with E-state index in [1.54, 1.807) is 4.90 Å². The molecule has 0 aromatic heterocycles. The summed E-state index contributed by atoms with van der Waals surface area (Å²) in [4.78, 5) is 26.7. The number of benzene rings is 1. The molecule has 5 nitrogen and oxygen atoms in total. The van der Waals surface area contributed by atoms with E-state index in [1.807, 2.05) is 19.1 Å². The smallest absolute Gasteiger partial charge is 0.337 e. The maximum Gasteiger partial charge on any atom is 0.337 e. The van der Waals surface area contributed by atoms with Crippen molar-refractivity contribution in [1.29, 1.82) is 0 Å². The van der Waals surface area contributed by atoms with Gasteiger partial charge in [0.25, 0.3) is 0 Å². The molecular formula is C20H26N2O3. The molecule has 1 saturated carbocycles. The second kappa shape index (κ2) is 6.21. The van der Waals surface area contributed by atoms with E-state index < -0.39 is 12.0 Å². The molecular weight excluding hydrogens is 316 g/mol. The van der Waals surface area contributed by atoms with E-state index in [0.29, 0.717) is 11.3 Å². The number of methoxy groups -OCH3 is 1. The molecule has 0 radical (unpaired) electrons. The van der Waals surface area contributed by atoms with Gasteiger partial charge in [0.1, 0.15) is 0 Å². The van der Waals surface area contributed by atoms with E-state index in [2.05, 4.69) is 38.2 Å². The summed E-state index contributed by atoms with van der Waals surface area (Å²) >= 11 is 0. The topological polar surface area (TPSA) is 58.6 Å². The highest BCUT2D eigenvalue weighted by molar-refractivity contribution is 5.95. The van der Waals surface area contributed by atoms with Gasteiger partial charge in [0.2, 0.25) is 0 Å². The molecule has 134 valence electrons. The molecule has 0 bridgehead atoms. The molecule has 25 heavy (non-hydrogen) atoms. The molecule has 5 heteroatoms. The van der Waals surface area contributed by atoms with Crippen LogP contribution < -0.4 is 5.32 Å². The zero-order valence-electron chi connectivity index (χ0n) is 15.6. The predicted molar refractivity (Wildman–Crippen MR) is 96.0 cm³/mol. The first kappa shape index (κ1) is 17.5. The lowest BCUT2D eigenvalue weighted by molar-refractivity contribution is -0.136. The first-order valence-electron chi connectivity index (χ1n) is 8.73. The monoisotopic (exact) mass is 342 g/mol. The van der Waals surface area contributed by atoms with Crippen LogP contribution in [-0.4, -0.2) is 30.1 Å². The van der Waals surface area contributed by atoms with Crippen LogP contribution >= 0.6 is 0 Å². The van der Waals surface area contributed by atoms with Crippen molar-refractivity contribution in [1.82, 2.24) is 10.2 Å². The van der Waals surface area contributed by atoms with Gasteiger partial charge in [-0.05, 0) is 36.3 Å². The number of amides is 2. The van der Waals surface area contributed by atoms with E-state index in [-0.39, 0.29) is 17.5 Å². The van der Waals surface area contributed by atoms with Crippen LogP contribution in [0.3, 0.4) is 0 Å². The molecule has 1 unspecified atom stereocenters. The van der Waals surface area contributed by atoms with Crippen molar-refractivity contribution in [2.75, 3.05) is 7.11 Å². The van der Waals surface area contributed by atoms with Crippen LogP contribution in [0.2, 0.25) is 0 Å². The summed E-state index contributed by atoms with van der Waals surface area (Å²) in [6.45, 7) is 8.30. The fourth-order valence-corrected chi connectivity index (χ4v) is 3.33. The Hall–Kier alpha value is -2.30. The standard InChI is InChI=1S/C20H26N2O3/c1-12-16(18(23)25-5)17(21-19(24)22(12)15-10-11-15)13-6-8-14(9-7-13)20(2,3)4/h6-9,15,17H,10-11H2,1-5H3,(H,21,24). The van der Waals surface area contributed by atoms with Gasteiger partial charge in [-0.2, -0.15) is 0 Å². The van der Waals surface area contributed by atoms with Crippen molar-refractivity contribution in [3.8, 4) is 0 Å². The third-order valence-corrected chi connectivity index (χ3v) is 4.95. The fraction of sp³-hybridized carbons (Fsp3) is 0.500. The maximum atomic E-state index is 12.6. The molecule has 1 aliphatic carbocycles. The van der Waals surface area contributed by atoms with Crippen LogP contribution in [-0.2, 0) is 14.9 Å². The van der Waals surface area contributed by atoms with Crippen molar-refractivity contribution in [3.63, 3.8) is 0 Å². The number of carbonyl (C=O) groups is 2. The number of ether oxygens (including phenoxy) is 1. The fourth-order valence-electron chi connectivity index (χ4n) is 3.33. The highest BCUT2D eigenvalue weighted by Gasteiger charge is 2.42. The molecule has 1 aromatic rings. The Bertz CT molecular complexity index is 724. The summed E-state index contributed by atoms with van der Waals surface area (Å²) in [5.74, 6) is -0.395. The number of carbonyl (C=O) groups excluding carboxylic acids is 2. The average molecular weight is 342 g/mol. The van der Waals surface area contributed by atoms with Gasteiger partial charge in [-0.15, -0.1) is 0 Å². The third-order valence-electron chi connectivity index (χ3n) is 4.95. The Morgan fingerprint density at radius 2 is 1.80 bits per heavy atom. The molecule has 1 N–H and O–H groups in total. The van der Waals surface area contributed by atoms with E-state index in [0.717, 1.165) is 18.4 Å². The van der Waals surface area contributed by atoms with Crippen LogP contribution in [0.4, 0.5) is 4.79 Å². The predicted octanol–water partition coefficient (Wildman–Crippen LogP) is 3.66. The molecule has 2 amide bonds. The lowest BCUT2D eigenvalue weighted by atomic mass is 9.85. The van der Waals surface area contributed by atoms with Crippen molar-refractivity contribution in [3.05, 3.63) is 46.7 Å². The molecule has 1 atom stereocenters. The van der Waals surface area contributed by atoms with Crippen LogP contribution in [0, 0.1) is 0 Å². The Kier molecular flexibility index (Phi) is 4.35. The second-order valence-electron chi connectivity index (χ2n) is 7.85. The number of hydrogen-bond donors (Lipinski definition) is 1. The summed E-state index contributed by atoms with van der Waals surface area (Å²) in [6.07, 6.45) is 1.95. The van der Waals surface area contributed by atoms with Crippen molar-refractivity contribution in [2.24, 2.45) is 0 Å². The van der Waals surface area contributed by atoms with Gasteiger partial charge in [-0.3, -0.25) is 4.90 Å². The van der Waals surface area contributed by atoms with Gasteiger partial charge < -0.3 is 10.1 Å². The lowest BCUT2D eigenvalue weighted by Gasteiger charge is -2.35. The summed E-state index contributed by atoms with van der Waals surface area (Å²) in [6, 6.07) is 7.64. The van der Waals surface area contributed by atoms with Crippen molar-refractivity contribution >= 4 is 12.0 Å². The zero-order valence-corrected chi connectivity index (χ0v) is 15.6. The first-order valence-corrected chi connectivity index (χ1v) is 8.73. The molecule has 1 aromatic carbocycles. The highest BCUT2D eigenvalue weighted by atomic mass is 16.5. The summed E-state index contributed by atoms with van der Waals surface area (Å²) in [5, 5.41) is 2.99.